The lowest BCUT2D eigenvalue weighted by Crippen LogP contribution is -2.38. The Hall–Kier alpha value is -1.26. The van der Waals surface area contributed by atoms with E-state index in [1.807, 2.05) is 18.2 Å². The number of ether oxygens (including phenoxy) is 3. The molecule has 0 saturated carbocycles. The van der Waals surface area contributed by atoms with Gasteiger partial charge in [0.15, 0.2) is 0 Å². The molecular formula is C14H19NO3. The maximum absolute atomic E-state index is 6.24. The normalized spacial score (nSPS) is 30.7. The lowest BCUT2D eigenvalue weighted by atomic mass is 9.94. The van der Waals surface area contributed by atoms with Crippen LogP contribution < -0.4 is 15.2 Å². The van der Waals surface area contributed by atoms with Crippen molar-refractivity contribution in [1.29, 1.82) is 0 Å². The minimum atomic E-state index is -0.00181. The predicted octanol–water partition coefficient (Wildman–Crippen LogP) is 2.03. The zero-order valence-corrected chi connectivity index (χ0v) is 10.6. The standard InChI is InChI=1S/C14H19NO3/c1-16-9-4-5-12-10(7-9)11(15)8-14(18-12)13-3-2-6-17-13/h4-5,7,11,13-14H,2-3,6,8,15H2,1H3/t11-,13?,14?/m0/s1. The number of hydrogen-bond donors (Lipinski definition) is 1. The van der Waals surface area contributed by atoms with E-state index in [0.717, 1.165) is 42.9 Å². The second-order valence-electron chi connectivity index (χ2n) is 4.95. The van der Waals surface area contributed by atoms with Crippen molar-refractivity contribution in [3.8, 4) is 11.5 Å². The van der Waals surface area contributed by atoms with E-state index in [1.165, 1.54) is 0 Å². The van der Waals surface area contributed by atoms with Gasteiger partial charge in [0.1, 0.15) is 17.6 Å². The fourth-order valence-corrected chi connectivity index (χ4v) is 2.76. The van der Waals surface area contributed by atoms with Crippen LogP contribution in [-0.4, -0.2) is 25.9 Å². The van der Waals surface area contributed by atoms with Crippen LogP contribution in [0.2, 0.25) is 0 Å². The summed E-state index contributed by atoms with van der Waals surface area (Å²) in [5, 5.41) is 0. The average Bonchev–Trinajstić information content (AvgIpc) is 2.92. The van der Waals surface area contributed by atoms with Crippen molar-refractivity contribution in [1.82, 2.24) is 0 Å². The Bertz CT molecular complexity index is 429. The SMILES string of the molecule is COc1ccc2c(c1)[C@@H](N)CC(C1CCCO1)O2. The fourth-order valence-electron chi connectivity index (χ4n) is 2.76. The monoisotopic (exact) mass is 249 g/mol. The molecule has 18 heavy (non-hydrogen) atoms. The summed E-state index contributed by atoms with van der Waals surface area (Å²) in [5.74, 6) is 1.69. The molecule has 2 aliphatic heterocycles. The molecule has 3 rings (SSSR count). The van der Waals surface area contributed by atoms with Gasteiger partial charge in [-0.15, -0.1) is 0 Å². The first-order chi connectivity index (χ1) is 8.78. The van der Waals surface area contributed by atoms with E-state index in [0.29, 0.717) is 0 Å². The maximum Gasteiger partial charge on any atom is 0.127 e. The predicted molar refractivity (Wildman–Crippen MR) is 67.9 cm³/mol. The molecule has 1 aromatic carbocycles. The van der Waals surface area contributed by atoms with E-state index in [-0.39, 0.29) is 18.2 Å². The Morgan fingerprint density at radius 3 is 2.94 bits per heavy atom. The van der Waals surface area contributed by atoms with Crippen molar-refractivity contribution in [3.05, 3.63) is 23.8 Å². The second kappa shape index (κ2) is 4.78. The van der Waals surface area contributed by atoms with Crippen molar-refractivity contribution >= 4 is 0 Å². The third kappa shape index (κ3) is 2.06. The molecule has 3 atom stereocenters. The molecule has 2 N–H and O–H groups in total. The van der Waals surface area contributed by atoms with Crippen molar-refractivity contribution in [2.24, 2.45) is 5.73 Å². The molecule has 1 fully saturated rings. The molecule has 0 aliphatic carbocycles. The maximum atomic E-state index is 6.24. The van der Waals surface area contributed by atoms with E-state index >= 15 is 0 Å². The number of rotatable bonds is 2. The Morgan fingerprint density at radius 2 is 2.22 bits per heavy atom. The molecule has 2 aliphatic rings. The molecule has 0 amide bonds. The van der Waals surface area contributed by atoms with Crippen LogP contribution >= 0.6 is 0 Å². The van der Waals surface area contributed by atoms with Crippen molar-refractivity contribution in [2.45, 2.75) is 37.5 Å². The number of nitrogens with two attached hydrogens (primary N) is 1. The quantitative estimate of drug-likeness (QED) is 0.871. The fraction of sp³-hybridized carbons (Fsp3) is 0.571. The van der Waals surface area contributed by atoms with Gasteiger partial charge in [-0.1, -0.05) is 0 Å². The lowest BCUT2D eigenvalue weighted by molar-refractivity contribution is -0.00199. The van der Waals surface area contributed by atoms with Gasteiger partial charge in [0, 0.05) is 24.6 Å². The second-order valence-corrected chi connectivity index (χ2v) is 4.95. The van der Waals surface area contributed by atoms with Gasteiger partial charge in [0.2, 0.25) is 0 Å². The lowest BCUT2D eigenvalue weighted by Gasteiger charge is -2.33. The van der Waals surface area contributed by atoms with Crippen molar-refractivity contribution in [3.63, 3.8) is 0 Å². The number of fused-ring (bicyclic) bond motifs is 1. The molecular weight excluding hydrogens is 230 g/mol. The Balaban J connectivity index is 1.83. The summed E-state index contributed by atoms with van der Waals surface area (Å²) >= 11 is 0. The smallest absolute Gasteiger partial charge is 0.127 e. The van der Waals surface area contributed by atoms with Gasteiger partial charge in [-0.05, 0) is 31.0 Å². The molecule has 98 valence electrons. The minimum absolute atomic E-state index is 0.00181. The third-order valence-corrected chi connectivity index (χ3v) is 3.76. The van der Waals surface area contributed by atoms with E-state index in [4.69, 9.17) is 19.9 Å². The van der Waals surface area contributed by atoms with E-state index in [9.17, 15) is 0 Å². The van der Waals surface area contributed by atoms with Gasteiger partial charge < -0.3 is 19.9 Å². The summed E-state index contributed by atoms with van der Waals surface area (Å²) < 4.78 is 16.9. The first-order valence-electron chi connectivity index (χ1n) is 6.49. The van der Waals surface area contributed by atoms with Crippen LogP contribution in [0, 0.1) is 0 Å². The summed E-state index contributed by atoms with van der Waals surface area (Å²) in [7, 11) is 1.66. The molecule has 0 spiro atoms. The average molecular weight is 249 g/mol. The molecule has 4 heteroatoms. The van der Waals surface area contributed by atoms with Crippen molar-refractivity contribution < 1.29 is 14.2 Å². The zero-order chi connectivity index (χ0) is 12.5. The summed E-state index contributed by atoms with van der Waals surface area (Å²) in [6.07, 6.45) is 3.29. The highest BCUT2D eigenvalue weighted by Gasteiger charge is 2.34. The number of benzene rings is 1. The summed E-state index contributed by atoms with van der Waals surface area (Å²) in [4.78, 5) is 0. The van der Waals surface area contributed by atoms with E-state index in [2.05, 4.69) is 0 Å². The third-order valence-electron chi connectivity index (χ3n) is 3.76. The molecule has 0 radical (unpaired) electrons. The largest absolute Gasteiger partial charge is 0.497 e. The van der Waals surface area contributed by atoms with Crippen LogP contribution in [0.15, 0.2) is 18.2 Å². The molecule has 4 nitrogen and oxygen atoms in total. The summed E-state index contributed by atoms with van der Waals surface area (Å²) in [5.41, 5.74) is 7.27. The minimum Gasteiger partial charge on any atom is -0.497 e. The van der Waals surface area contributed by atoms with E-state index < -0.39 is 0 Å². The topological polar surface area (TPSA) is 53.7 Å². The van der Waals surface area contributed by atoms with Gasteiger partial charge in [-0.2, -0.15) is 0 Å². The molecule has 0 aromatic heterocycles. The first kappa shape index (κ1) is 11.8. The van der Waals surface area contributed by atoms with Gasteiger partial charge in [-0.25, -0.2) is 0 Å². The van der Waals surface area contributed by atoms with Gasteiger partial charge in [0.05, 0.1) is 13.2 Å². The Labute approximate surface area is 107 Å². The Morgan fingerprint density at radius 1 is 1.33 bits per heavy atom. The summed E-state index contributed by atoms with van der Waals surface area (Å²) in [6, 6.07) is 5.81. The van der Waals surface area contributed by atoms with Crippen LogP contribution in [0.4, 0.5) is 0 Å². The highest BCUT2D eigenvalue weighted by Crippen LogP contribution is 2.38. The van der Waals surface area contributed by atoms with Gasteiger partial charge >= 0.3 is 0 Å². The zero-order valence-electron chi connectivity index (χ0n) is 10.6. The van der Waals surface area contributed by atoms with Crippen molar-refractivity contribution in [2.75, 3.05) is 13.7 Å². The number of hydrogen-bond acceptors (Lipinski definition) is 4. The highest BCUT2D eigenvalue weighted by atomic mass is 16.5. The molecule has 1 aromatic rings. The van der Waals surface area contributed by atoms with E-state index in [1.54, 1.807) is 7.11 Å². The van der Waals surface area contributed by atoms with Gasteiger partial charge in [0.25, 0.3) is 0 Å². The van der Waals surface area contributed by atoms with Crippen LogP contribution in [0.1, 0.15) is 30.9 Å². The highest BCUT2D eigenvalue weighted by molar-refractivity contribution is 5.43. The van der Waals surface area contributed by atoms with Crippen LogP contribution in [-0.2, 0) is 4.74 Å². The molecule has 2 unspecified atom stereocenters. The molecule has 0 bridgehead atoms. The molecule has 2 heterocycles. The number of methoxy groups -OCH3 is 1. The van der Waals surface area contributed by atoms with Gasteiger partial charge in [-0.3, -0.25) is 0 Å². The van der Waals surface area contributed by atoms with Crippen LogP contribution in [0.3, 0.4) is 0 Å². The van der Waals surface area contributed by atoms with Crippen LogP contribution in [0.5, 0.6) is 11.5 Å². The van der Waals surface area contributed by atoms with Crippen LogP contribution in [0.25, 0.3) is 0 Å². The summed E-state index contributed by atoms with van der Waals surface area (Å²) in [6.45, 7) is 0.842. The Kier molecular flexibility index (Phi) is 3.14. The first-order valence-corrected chi connectivity index (χ1v) is 6.49. The molecule has 1 saturated heterocycles.